The molecule has 0 aliphatic carbocycles. The van der Waals surface area contributed by atoms with Crippen molar-refractivity contribution in [1.29, 1.82) is 0 Å². The highest BCUT2D eigenvalue weighted by atomic mass is 19.1. The van der Waals surface area contributed by atoms with E-state index >= 15 is 0 Å². The third-order valence-electron chi connectivity index (χ3n) is 4.57. The molecule has 0 aromatic carbocycles. The number of rotatable bonds is 22. The van der Waals surface area contributed by atoms with Crippen LogP contribution in [-0.2, 0) is 28.5 Å². The fraction of sp³-hybridized carbons (Fsp3) is 0.909. The van der Waals surface area contributed by atoms with E-state index in [4.69, 9.17) is 18.9 Å². The Morgan fingerprint density at radius 3 is 2.03 bits per heavy atom. The molecule has 9 heteroatoms. The molecule has 0 saturated heterocycles. The summed E-state index contributed by atoms with van der Waals surface area (Å²) >= 11 is 0. The fourth-order valence-electron chi connectivity index (χ4n) is 2.82. The predicted molar refractivity (Wildman–Crippen MR) is 118 cm³/mol. The maximum Gasteiger partial charge on any atom is 0.246 e. The second-order valence-corrected chi connectivity index (χ2v) is 7.41. The Hall–Kier alpha value is -1.29. The van der Waals surface area contributed by atoms with E-state index in [1.165, 1.54) is 7.11 Å². The van der Waals surface area contributed by atoms with Gasteiger partial charge in [0.2, 0.25) is 11.8 Å². The molecular formula is C22H43FN2O6. The summed E-state index contributed by atoms with van der Waals surface area (Å²) in [6.45, 7) is 6.35. The summed E-state index contributed by atoms with van der Waals surface area (Å²) in [5.74, 6) is -0.255. The highest BCUT2D eigenvalue weighted by molar-refractivity contribution is 5.78. The molecule has 0 radical (unpaired) electrons. The van der Waals surface area contributed by atoms with Crippen LogP contribution < -0.4 is 10.6 Å². The summed E-state index contributed by atoms with van der Waals surface area (Å²) < 4.78 is 34.5. The summed E-state index contributed by atoms with van der Waals surface area (Å²) in [7, 11) is 1.46. The van der Waals surface area contributed by atoms with Crippen molar-refractivity contribution in [2.75, 3.05) is 66.4 Å². The Balaban J connectivity index is 3.61. The van der Waals surface area contributed by atoms with E-state index in [-0.39, 0.29) is 44.1 Å². The van der Waals surface area contributed by atoms with E-state index in [2.05, 4.69) is 24.5 Å². The number of nitrogens with one attached hydrogen (secondary N) is 2. The number of alkyl halides is 1. The molecule has 2 amide bonds. The molecule has 0 heterocycles. The van der Waals surface area contributed by atoms with Gasteiger partial charge in [0.15, 0.2) is 0 Å². The molecule has 0 spiro atoms. The highest BCUT2D eigenvalue weighted by Crippen LogP contribution is 2.16. The lowest BCUT2D eigenvalue weighted by molar-refractivity contribution is -0.126. The van der Waals surface area contributed by atoms with E-state index in [1.807, 2.05) is 0 Å². The van der Waals surface area contributed by atoms with Gasteiger partial charge in [0, 0.05) is 19.6 Å². The summed E-state index contributed by atoms with van der Waals surface area (Å²) in [6.07, 6.45) is 4.62. The number of carbonyl (C=O) groups excluding carboxylic acids is 2. The lowest BCUT2D eigenvalue weighted by Crippen LogP contribution is -2.36. The summed E-state index contributed by atoms with van der Waals surface area (Å²) in [6, 6.07) is 0. The van der Waals surface area contributed by atoms with Crippen molar-refractivity contribution >= 4 is 11.8 Å². The van der Waals surface area contributed by atoms with Gasteiger partial charge in [-0.25, -0.2) is 4.39 Å². The molecule has 0 rings (SSSR count). The number of ether oxygens (including phenoxy) is 4. The van der Waals surface area contributed by atoms with Gasteiger partial charge in [-0.3, -0.25) is 9.59 Å². The number of hydrogen-bond donors (Lipinski definition) is 2. The Morgan fingerprint density at radius 1 is 0.871 bits per heavy atom. The van der Waals surface area contributed by atoms with Crippen molar-refractivity contribution in [2.24, 2.45) is 5.92 Å². The average Bonchev–Trinajstić information content (AvgIpc) is 2.76. The van der Waals surface area contributed by atoms with Crippen LogP contribution in [0.5, 0.6) is 0 Å². The first-order chi connectivity index (χ1) is 15.0. The number of methoxy groups -OCH3 is 1. The van der Waals surface area contributed by atoms with Gasteiger partial charge in [-0.1, -0.05) is 39.5 Å². The van der Waals surface area contributed by atoms with Crippen molar-refractivity contribution in [1.82, 2.24) is 10.6 Å². The molecule has 0 aromatic heterocycles. The minimum atomic E-state index is -1.24. The van der Waals surface area contributed by atoms with Crippen LogP contribution in [0.1, 0.15) is 52.4 Å². The first-order valence-corrected chi connectivity index (χ1v) is 11.5. The number of halogens is 1. The molecule has 0 aliphatic rings. The van der Waals surface area contributed by atoms with Crippen molar-refractivity contribution in [3.63, 3.8) is 0 Å². The van der Waals surface area contributed by atoms with Gasteiger partial charge in [-0.2, -0.15) is 0 Å². The molecule has 0 saturated carbocycles. The number of unbranched alkanes of at least 4 members (excludes halogenated alkanes) is 2. The van der Waals surface area contributed by atoms with Gasteiger partial charge >= 0.3 is 0 Å². The molecule has 8 nitrogen and oxygen atoms in total. The fourth-order valence-corrected chi connectivity index (χ4v) is 2.82. The van der Waals surface area contributed by atoms with Crippen molar-refractivity contribution in [3.05, 3.63) is 0 Å². The third-order valence-corrected chi connectivity index (χ3v) is 4.57. The largest absolute Gasteiger partial charge is 0.377 e. The van der Waals surface area contributed by atoms with Gasteiger partial charge in [-0.15, -0.1) is 0 Å². The zero-order valence-electron chi connectivity index (χ0n) is 19.6. The summed E-state index contributed by atoms with van der Waals surface area (Å²) in [5.41, 5.74) is 0. The topological polar surface area (TPSA) is 95.1 Å². The normalized spacial score (nSPS) is 12.2. The second-order valence-electron chi connectivity index (χ2n) is 7.41. The number of amides is 2. The van der Waals surface area contributed by atoms with Crippen LogP contribution in [0.25, 0.3) is 0 Å². The van der Waals surface area contributed by atoms with Crippen molar-refractivity contribution in [3.8, 4) is 0 Å². The third kappa shape index (κ3) is 19.1. The summed E-state index contributed by atoms with van der Waals surface area (Å²) in [5, 5.41) is 5.37. The minimum absolute atomic E-state index is 0.0229. The predicted octanol–water partition coefficient (Wildman–Crippen LogP) is 2.25. The molecule has 0 aliphatic heterocycles. The van der Waals surface area contributed by atoms with E-state index in [0.717, 1.165) is 38.5 Å². The van der Waals surface area contributed by atoms with E-state index in [1.54, 1.807) is 0 Å². The Kier molecular flexibility index (Phi) is 21.0. The lowest BCUT2D eigenvalue weighted by atomic mass is 9.95. The van der Waals surface area contributed by atoms with Crippen LogP contribution in [0.15, 0.2) is 0 Å². The first kappa shape index (κ1) is 29.7. The van der Waals surface area contributed by atoms with Crippen LogP contribution in [-0.4, -0.2) is 84.4 Å². The van der Waals surface area contributed by atoms with Crippen LogP contribution in [0.4, 0.5) is 4.39 Å². The van der Waals surface area contributed by atoms with Gasteiger partial charge in [0.1, 0.15) is 12.8 Å². The Morgan fingerprint density at radius 2 is 1.45 bits per heavy atom. The standard InChI is InChI=1S/C22H43FN2O6/c1-4-6-8-19(9-7-5-2)22(27)25-16-20(23)17-31-15-14-30-13-12-29-11-10-24-21(26)18-28-3/h19-20H,4-18H2,1-3H3,(H,24,26)(H,25,27). The van der Waals surface area contributed by atoms with Gasteiger partial charge < -0.3 is 29.6 Å². The smallest absolute Gasteiger partial charge is 0.246 e. The molecule has 0 bridgehead atoms. The maximum absolute atomic E-state index is 13.9. The van der Waals surface area contributed by atoms with E-state index < -0.39 is 6.17 Å². The van der Waals surface area contributed by atoms with Gasteiger partial charge in [0.05, 0.1) is 46.2 Å². The average molecular weight is 451 g/mol. The summed E-state index contributed by atoms with van der Waals surface area (Å²) in [4.78, 5) is 23.4. The molecule has 31 heavy (non-hydrogen) atoms. The monoisotopic (exact) mass is 450 g/mol. The molecule has 2 N–H and O–H groups in total. The molecule has 1 atom stereocenters. The van der Waals surface area contributed by atoms with Crippen LogP contribution in [0, 0.1) is 5.92 Å². The maximum atomic E-state index is 13.9. The first-order valence-electron chi connectivity index (χ1n) is 11.5. The van der Waals surface area contributed by atoms with Crippen molar-refractivity contribution < 1.29 is 32.9 Å². The van der Waals surface area contributed by atoms with Gasteiger partial charge in [0.25, 0.3) is 0 Å². The SMILES string of the molecule is CCCCC(CCCC)C(=O)NCC(F)COCCOCCOCCNC(=O)COC. The van der Waals surface area contributed by atoms with Crippen LogP contribution in [0.2, 0.25) is 0 Å². The number of carbonyl (C=O) groups is 2. The van der Waals surface area contributed by atoms with Crippen LogP contribution >= 0.6 is 0 Å². The van der Waals surface area contributed by atoms with E-state index in [9.17, 15) is 14.0 Å². The quantitative estimate of drug-likeness (QED) is 0.246. The lowest BCUT2D eigenvalue weighted by Gasteiger charge is -2.17. The van der Waals surface area contributed by atoms with Gasteiger partial charge in [-0.05, 0) is 12.8 Å². The highest BCUT2D eigenvalue weighted by Gasteiger charge is 2.18. The molecular weight excluding hydrogens is 407 g/mol. The van der Waals surface area contributed by atoms with Crippen molar-refractivity contribution in [2.45, 2.75) is 58.5 Å². The number of hydrogen-bond acceptors (Lipinski definition) is 6. The molecule has 0 aromatic rings. The zero-order chi connectivity index (χ0) is 23.2. The molecule has 1 unspecified atom stereocenters. The molecule has 184 valence electrons. The second kappa shape index (κ2) is 21.9. The Bertz CT molecular complexity index is 434. The zero-order valence-corrected chi connectivity index (χ0v) is 19.6. The van der Waals surface area contributed by atoms with E-state index in [0.29, 0.717) is 33.0 Å². The van der Waals surface area contributed by atoms with Crippen LogP contribution in [0.3, 0.4) is 0 Å². The molecule has 0 fully saturated rings. The Labute approximate surface area is 186 Å². The minimum Gasteiger partial charge on any atom is -0.377 e.